The zero-order valence-corrected chi connectivity index (χ0v) is 11.2. The Morgan fingerprint density at radius 1 is 1.28 bits per heavy atom. The van der Waals surface area contributed by atoms with Gasteiger partial charge in [0.1, 0.15) is 0 Å². The van der Waals surface area contributed by atoms with Gasteiger partial charge in [-0.2, -0.15) is 0 Å². The Morgan fingerprint density at radius 2 is 2.17 bits per heavy atom. The lowest BCUT2D eigenvalue weighted by Crippen LogP contribution is -2.12. The number of fused-ring (bicyclic) bond motifs is 1. The Labute approximate surface area is 114 Å². The number of nitrogens with zero attached hydrogens (tertiary/aromatic N) is 1. The number of aromatic nitrogens is 2. The van der Waals surface area contributed by atoms with Gasteiger partial charge in [-0.1, -0.05) is 29.8 Å². The van der Waals surface area contributed by atoms with E-state index < -0.39 is 0 Å². The second-order valence-electron chi connectivity index (χ2n) is 4.03. The quantitative estimate of drug-likeness (QED) is 0.765. The van der Waals surface area contributed by atoms with Gasteiger partial charge in [-0.3, -0.25) is 4.98 Å². The molecule has 3 aromatic rings. The molecule has 0 aliphatic carbocycles. The Bertz CT molecular complexity index is 645. The topological polar surface area (TPSA) is 40.7 Å². The van der Waals surface area contributed by atoms with Gasteiger partial charge in [0.2, 0.25) is 0 Å². The monoisotopic (exact) mass is 277 g/mol. The fraction of sp³-hybridized carbons (Fsp3) is 0.154. The van der Waals surface area contributed by atoms with Crippen LogP contribution in [0.5, 0.6) is 0 Å². The third kappa shape index (κ3) is 2.27. The lowest BCUT2D eigenvalue weighted by Gasteiger charge is -2.01. The zero-order chi connectivity index (χ0) is 12.4. The van der Waals surface area contributed by atoms with Gasteiger partial charge in [-0.15, -0.1) is 11.3 Å². The van der Waals surface area contributed by atoms with Crippen LogP contribution >= 0.6 is 22.9 Å². The van der Waals surface area contributed by atoms with E-state index in [-0.39, 0.29) is 0 Å². The summed E-state index contributed by atoms with van der Waals surface area (Å²) >= 11 is 7.99. The number of aromatic amines is 1. The molecule has 2 aromatic heterocycles. The van der Waals surface area contributed by atoms with E-state index in [4.69, 9.17) is 11.6 Å². The van der Waals surface area contributed by atoms with Crippen molar-refractivity contribution in [3.05, 3.63) is 51.6 Å². The van der Waals surface area contributed by atoms with Crippen LogP contribution in [-0.4, -0.2) is 9.97 Å². The van der Waals surface area contributed by atoms with E-state index in [9.17, 15) is 0 Å². The first-order valence-corrected chi connectivity index (χ1v) is 6.93. The first-order valence-electron chi connectivity index (χ1n) is 5.68. The molecule has 0 radical (unpaired) electrons. The highest BCUT2D eigenvalue weighted by molar-refractivity contribution is 7.09. The Hall–Kier alpha value is -1.36. The van der Waals surface area contributed by atoms with Crippen LogP contribution in [0.15, 0.2) is 36.0 Å². The molecule has 5 heteroatoms. The number of halogens is 1. The van der Waals surface area contributed by atoms with Crippen LogP contribution in [0.3, 0.4) is 0 Å². The average molecular weight is 278 g/mol. The van der Waals surface area contributed by atoms with Crippen molar-refractivity contribution >= 4 is 33.8 Å². The predicted octanol–water partition coefficient (Wildman–Crippen LogP) is 3.57. The summed E-state index contributed by atoms with van der Waals surface area (Å²) in [5.41, 5.74) is 3.95. The highest BCUT2D eigenvalue weighted by Gasteiger charge is 2.08. The maximum atomic E-state index is 6.34. The molecule has 0 aliphatic heterocycles. The number of nitrogens with one attached hydrogen (secondary N) is 2. The Kier molecular flexibility index (Phi) is 3.32. The number of H-pyrrole nitrogens is 1. The summed E-state index contributed by atoms with van der Waals surface area (Å²) in [6.45, 7) is 1.54. The maximum Gasteiger partial charge on any atom is 0.0794 e. The summed E-state index contributed by atoms with van der Waals surface area (Å²) in [6, 6.07) is 8.06. The van der Waals surface area contributed by atoms with Crippen molar-refractivity contribution in [1.29, 1.82) is 0 Å². The molecular formula is C13H12ClN3S. The molecular weight excluding hydrogens is 266 g/mol. The number of para-hydroxylation sites is 1. The Balaban J connectivity index is 1.73. The summed E-state index contributed by atoms with van der Waals surface area (Å²) in [5.74, 6) is 0. The van der Waals surface area contributed by atoms with E-state index >= 15 is 0 Å². The van der Waals surface area contributed by atoms with Crippen LogP contribution in [0.4, 0.5) is 0 Å². The molecule has 0 fully saturated rings. The molecule has 0 amide bonds. The summed E-state index contributed by atoms with van der Waals surface area (Å²) < 4.78 is 0. The summed E-state index contributed by atoms with van der Waals surface area (Å²) in [4.78, 5) is 8.61. The number of thiazole rings is 1. The highest BCUT2D eigenvalue weighted by Crippen LogP contribution is 2.26. The van der Waals surface area contributed by atoms with Gasteiger partial charge in [-0.05, 0) is 6.07 Å². The molecule has 0 atom stereocenters. The third-order valence-corrected chi connectivity index (χ3v) is 4.01. The van der Waals surface area contributed by atoms with Crippen molar-refractivity contribution in [2.24, 2.45) is 0 Å². The van der Waals surface area contributed by atoms with Crippen molar-refractivity contribution in [2.45, 2.75) is 13.1 Å². The minimum atomic E-state index is 0.728. The summed E-state index contributed by atoms with van der Waals surface area (Å²) in [7, 11) is 0. The molecule has 2 heterocycles. The minimum Gasteiger partial charge on any atom is -0.356 e. The molecule has 18 heavy (non-hydrogen) atoms. The molecule has 0 spiro atoms. The first kappa shape index (κ1) is 11.7. The van der Waals surface area contributed by atoms with Crippen LogP contribution in [0.25, 0.3) is 10.9 Å². The normalized spacial score (nSPS) is 11.2. The number of hydrogen-bond donors (Lipinski definition) is 2. The predicted molar refractivity (Wildman–Crippen MR) is 76.0 cm³/mol. The fourth-order valence-corrected chi connectivity index (χ4v) is 2.77. The van der Waals surface area contributed by atoms with Crippen molar-refractivity contribution in [3.8, 4) is 0 Å². The standard InChI is InChI=1S/C13H12ClN3S/c14-13-10-3-1-2-4-11(10)17-12(13)7-15-5-9-6-16-8-18-9/h1-4,6,8,15,17H,5,7H2. The van der Waals surface area contributed by atoms with Crippen molar-refractivity contribution in [3.63, 3.8) is 0 Å². The van der Waals surface area contributed by atoms with Crippen LogP contribution < -0.4 is 5.32 Å². The minimum absolute atomic E-state index is 0.728. The molecule has 3 nitrogen and oxygen atoms in total. The van der Waals surface area contributed by atoms with Crippen molar-refractivity contribution < 1.29 is 0 Å². The summed E-state index contributed by atoms with van der Waals surface area (Å²) in [6.07, 6.45) is 1.88. The van der Waals surface area contributed by atoms with Crippen LogP contribution in [0.2, 0.25) is 5.02 Å². The third-order valence-electron chi connectivity index (χ3n) is 2.80. The van der Waals surface area contributed by atoms with Crippen LogP contribution in [0.1, 0.15) is 10.6 Å². The molecule has 0 saturated carbocycles. The second-order valence-corrected chi connectivity index (χ2v) is 5.38. The van der Waals surface area contributed by atoms with Gasteiger partial charge in [0.25, 0.3) is 0 Å². The van der Waals surface area contributed by atoms with E-state index in [0.29, 0.717) is 0 Å². The van der Waals surface area contributed by atoms with E-state index in [0.717, 1.165) is 34.7 Å². The molecule has 92 valence electrons. The van der Waals surface area contributed by atoms with Crippen molar-refractivity contribution in [2.75, 3.05) is 0 Å². The van der Waals surface area contributed by atoms with E-state index in [1.807, 2.05) is 36.0 Å². The maximum absolute atomic E-state index is 6.34. The van der Waals surface area contributed by atoms with E-state index in [1.165, 1.54) is 4.88 Å². The van der Waals surface area contributed by atoms with Gasteiger partial charge in [0.05, 0.1) is 10.5 Å². The Morgan fingerprint density at radius 3 is 2.94 bits per heavy atom. The fourth-order valence-electron chi connectivity index (χ4n) is 1.93. The molecule has 0 bridgehead atoms. The summed E-state index contributed by atoms with van der Waals surface area (Å²) in [5, 5.41) is 5.25. The zero-order valence-electron chi connectivity index (χ0n) is 9.61. The lowest BCUT2D eigenvalue weighted by atomic mass is 10.2. The smallest absolute Gasteiger partial charge is 0.0794 e. The van der Waals surface area contributed by atoms with Gasteiger partial charge >= 0.3 is 0 Å². The number of hydrogen-bond acceptors (Lipinski definition) is 3. The van der Waals surface area contributed by atoms with Gasteiger partial charge in [-0.25, -0.2) is 0 Å². The second kappa shape index (κ2) is 5.10. The highest BCUT2D eigenvalue weighted by atomic mass is 35.5. The largest absolute Gasteiger partial charge is 0.356 e. The SMILES string of the molecule is Clc1c(CNCc2cncs2)[nH]c2ccccc12. The van der Waals surface area contributed by atoms with Gasteiger partial charge < -0.3 is 10.3 Å². The molecule has 2 N–H and O–H groups in total. The van der Waals surface area contributed by atoms with Crippen LogP contribution in [0, 0.1) is 0 Å². The van der Waals surface area contributed by atoms with Gasteiger partial charge in [0.15, 0.2) is 0 Å². The van der Waals surface area contributed by atoms with Gasteiger partial charge in [0, 0.05) is 40.8 Å². The molecule has 0 aliphatic rings. The number of benzene rings is 1. The van der Waals surface area contributed by atoms with E-state index in [2.05, 4.69) is 15.3 Å². The van der Waals surface area contributed by atoms with Crippen LogP contribution in [-0.2, 0) is 13.1 Å². The lowest BCUT2D eigenvalue weighted by molar-refractivity contribution is 0.690. The molecule has 0 unspecified atom stereocenters. The van der Waals surface area contributed by atoms with Crippen molar-refractivity contribution in [1.82, 2.24) is 15.3 Å². The molecule has 3 rings (SSSR count). The van der Waals surface area contributed by atoms with E-state index in [1.54, 1.807) is 11.3 Å². The average Bonchev–Trinajstić information content (AvgIpc) is 3.00. The number of rotatable bonds is 4. The molecule has 1 aromatic carbocycles. The first-order chi connectivity index (χ1) is 8.84. The molecule has 0 saturated heterocycles.